The molecule has 0 aliphatic carbocycles. The molecule has 1 heterocycles. The third-order valence-electron chi connectivity index (χ3n) is 4.62. The molecule has 1 aromatic carbocycles. The maximum absolute atomic E-state index is 5.89. The Morgan fingerprint density at radius 1 is 1.25 bits per heavy atom. The van der Waals surface area contributed by atoms with E-state index in [1.807, 2.05) is 0 Å². The predicted octanol–water partition coefficient (Wildman–Crippen LogP) is 3.30. The van der Waals surface area contributed by atoms with Crippen molar-refractivity contribution < 1.29 is 14.2 Å². The molecule has 1 aliphatic heterocycles. The number of hydrogen-bond donors (Lipinski definition) is 2. The summed E-state index contributed by atoms with van der Waals surface area (Å²) in [7, 11) is 1.71. The molecule has 1 aromatic rings. The van der Waals surface area contributed by atoms with Gasteiger partial charge in [-0.15, -0.1) is 24.0 Å². The lowest BCUT2D eigenvalue weighted by Gasteiger charge is -2.22. The largest absolute Gasteiger partial charge is 0.496 e. The topological polar surface area (TPSA) is 64.1 Å². The smallest absolute Gasteiger partial charge is 0.191 e. The van der Waals surface area contributed by atoms with Crippen LogP contribution in [0.3, 0.4) is 0 Å². The normalized spacial score (nSPS) is 15.0. The van der Waals surface area contributed by atoms with Gasteiger partial charge >= 0.3 is 0 Å². The van der Waals surface area contributed by atoms with Crippen molar-refractivity contribution in [1.82, 2.24) is 10.6 Å². The third kappa shape index (κ3) is 9.43. The molecule has 0 radical (unpaired) electrons. The summed E-state index contributed by atoms with van der Waals surface area (Å²) in [6, 6.07) is 6.36. The van der Waals surface area contributed by atoms with E-state index in [-0.39, 0.29) is 24.0 Å². The van der Waals surface area contributed by atoms with Crippen LogP contribution in [0.15, 0.2) is 23.2 Å². The second-order valence-electron chi connectivity index (χ2n) is 6.78. The number of rotatable bonds is 10. The van der Waals surface area contributed by atoms with Crippen molar-refractivity contribution in [3.05, 3.63) is 29.3 Å². The fourth-order valence-electron chi connectivity index (χ4n) is 3.03. The van der Waals surface area contributed by atoms with Crippen LogP contribution in [0, 0.1) is 6.92 Å². The van der Waals surface area contributed by atoms with E-state index in [0.29, 0.717) is 6.10 Å². The van der Waals surface area contributed by atoms with Crippen molar-refractivity contribution in [2.45, 2.75) is 45.6 Å². The highest BCUT2D eigenvalue weighted by Crippen LogP contribution is 2.19. The van der Waals surface area contributed by atoms with Gasteiger partial charge in [0.15, 0.2) is 5.96 Å². The van der Waals surface area contributed by atoms with Crippen LogP contribution in [0.2, 0.25) is 0 Å². The van der Waals surface area contributed by atoms with Crippen LogP contribution in [0.1, 0.15) is 37.3 Å². The van der Waals surface area contributed by atoms with Crippen molar-refractivity contribution >= 4 is 29.9 Å². The first-order chi connectivity index (χ1) is 13.2. The SMILES string of the molecule is CCNC(=NCCCOC1CCOCC1)NCCc1ccc(C)c(OC)c1.I. The lowest BCUT2D eigenvalue weighted by atomic mass is 10.1. The van der Waals surface area contributed by atoms with Gasteiger partial charge in [-0.2, -0.15) is 0 Å². The van der Waals surface area contributed by atoms with Crippen LogP contribution < -0.4 is 15.4 Å². The number of halogens is 1. The van der Waals surface area contributed by atoms with Crippen molar-refractivity contribution in [3.63, 3.8) is 0 Å². The first-order valence-electron chi connectivity index (χ1n) is 10.1. The molecule has 2 rings (SSSR count). The first-order valence-corrected chi connectivity index (χ1v) is 10.1. The number of aliphatic imine (C=N–C) groups is 1. The fraction of sp³-hybridized carbons (Fsp3) is 0.667. The molecule has 0 amide bonds. The first kappa shape index (κ1) is 25.0. The summed E-state index contributed by atoms with van der Waals surface area (Å²) < 4.78 is 16.6. The number of nitrogens with one attached hydrogen (secondary N) is 2. The summed E-state index contributed by atoms with van der Waals surface area (Å²) in [4.78, 5) is 4.64. The highest BCUT2D eigenvalue weighted by atomic mass is 127. The molecule has 1 saturated heterocycles. The fourth-order valence-corrected chi connectivity index (χ4v) is 3.03. The number of benzene rings is 1. The quantitative estimate of drug-likeness (QED) is 0.221. The maximum Gasteiger partial charge on any atom is 0.191 e. The van der Waals surface area contributed by atoms with Crippen LogP contribution in [-0.2, 0) is 15.9 Å². The molecule has 1 aliphatic rings. The van der Waals surface area contributed by atoms with Gasteiger partial charge in [0.1, 0.15) is 5.75 Å². The Labute approximate surface area is 186 Å². The van der Waals surface area contributed by atoms with Gasteiger partial charge in [-0.05, 0) is 56.7 Å². The molecule has 0 atom stereocenters. The predicted molar refractivity (Wildman–Crippen MR) is 125 cm³/mol. The highest BCUT2D eigenvalue weighted by molar-refractivity contribution is 14.0. The molecule has 0 bridgehead atoms. The minimum Gasteiger partial charge on any atom is -0.496 e. The molecule has 28 heavy (non-hydrogen) atoms. The summed E-state index contributed by atoms with van der Waals surface area (Å²) >= 11 is 0. The van der Waals surface area contributed by atoms with Crippen molar-refractivity contribution in [2.24, 2.45) is 4.99 Å². The minimum atomic E-state index is 0. The van der Waals surface area contributed by atoms with E-state index in [1.54, 1.807) is 7.11 Å². The van der Waals surface area contributed by atoms with Gasteiger partial charge in [-0.1, -0.05) is 12.1 Å². The number of aryl methyl sites for hydroxylation is 1. The molecular formula is C21H36IN3O3. The Hall–Kier alpha value is -1.06. The number of methoxy groups -OCH3 is 1. The van der Waals surface area contributed by atoms with Crippen molar-refractivity contribution in [2.75, 3.05) is 46.6 Å². The van der Waals surface area contributed by atoms with Gasteiger partial charge in [-0.3, -0.25) is 4.99 Å². The molecule has 0 saturated carbocycles. The highest BCUT2D eigenvalue weighted by Gasteiger charge is 2.13. The summed E-state index contributed by atoms with van der Waals surface area (Å²) in [5.41, 5.74) is 2.41. The summed E-state index contributed by atoms with van der Waals surface area (Å²) in [6.07, 6.45) is 4.24. The summed E-state index contributed by atoms with van der Waals surface area (Å²) in [5, 5.41) is 6.70. The zero-order valence-electron chi connectivity index (χ0n) is 17.5. The minimum absolute atomic E-state index is 0. The maximum atomic E-state index is 5.89. The summed E-state index contributed by atoms with van der Waals surface area (Å²) in [6.45, 7) is 8.99. The van der Waals surface area contributed by atoms with E-state index in [4.69, 9.17) is 14.2 Å². The van der Waals surface area contributed by atoms with Crippen LogP contribution >= 0.6 is 24.0 Å². The van der Waals surface area contributed by atoms with Crippen LogP contribution in [0.25, 0.3) is 0 Å². The number of hydrogen-bond acceptors (Lipinski definition) is 4. The number of guanidine groups is 1. The molecule has 0 aromatic heterocycles. The monoisotopic (exact) mass is 505 g/mol. The van der Waals surface area contributed by atoms with Gasteiger partial charge in [0, 0.05) is 39.5 Å². The average Bonchev–Trinajstić information content (AvgIpc) is 2.69. The van der Waals surface area contributed by atoms with E-state index in [0.717, 1.165) is 82.4 Å². The molecule has 7 heteroatoms. The molecular weight excluding hydrogens is 469 g/mol. The number of ether oxygens (including phenoxy) is 3. The zero-order chi connectivity index (χ0) is 19.3. The molecule has 160 valence electrons. The third-order valence-corrected chi connectivity index (χ3v) is 4.62. The Morgan fingerprint density at radius 3 is 2.75 bits per heavy atom. The van der Waals surface area contributed by atoms with Crippen LogP contribution in [-0.4, -0.2) is 58.6 Å². The van der Waals surface area contributed by atoms with E-state index in [2.05, 4.69) is 47.7 Å². The van der Waals surface area contributed by atoms with Crippen molar-refractivity contribution in [3.8, 4) is 5.75 Å². The van der Waals surface area contributed by atoms with E-state index >= 15 is 0 Å². The van der Waals surface area contributed by atoms with Crippen molar-refractivity contribution in [1.29, 1.82) is 0 Å². The molecule has 6 nitrogen and oxygen atoms in total. The van der Waals surface area contributed by atoms with Crippen LogP contribution in [0.5, 0.6) is 5.75 Å². The second-order valence-corrected chi connectivity index (χ2v) is 6.78. The average molecular weight is 505 g/mol. The van der Waals surface area contributed by atoms with E-state index < -0.39 is 0 Å². The van der Waals surface area contributed by atoms with Gasteiger partial charge in [0.2, 0.25) is 0 Å². The van der Waals surface area contributed by atoms with E-state index in [1.165, 1.54) is 5.56 Å². The standard InChI is InChI=1S/C21H35N3O3.HI/c1-4-22-21(23-11-5-13-27-19-9-14-26-15-10-19)24-12-8-18-7-6-17(2)20(16-18)25-3;/h6-7,16,19H,4-5,8-15H2,1-3H3,(H2,22,23,24);1H. The zero-order valence-corrected chi connectivity index (χ0v) is 19.8. The lowest BCUT2D eigenvalue weighted by molar-refractivity contribution is -0.0318. The van der Waals surface area contributed by atoms with Crippen LogP contribution in [0.4, 0.5) is 0 Å². The lowest BCUT2D eigenvalue weighted by Crippen LogP contribution is -2.38. The Kier molecular flexibility index (Phi) is 13.3. The second kappa shape index (κ2) is 14.9. The van der Waals surface area contributed by atoms with Gasteiger partial charge in [0.25, 0.3) is 0 Å². The Balaban J connectivity index is 0.00000392. The van der Waals surface area contributed by atoms with Gasteiger partial charge < -0.3 is 24.8 Å². The van der Waals surface area contributed by atoms with E-state index in [9.17, 15) is 0 Å². The van der Waals surface area contributed by atoms with Gasteiger partial charge in [0.05, 0.1) is 13.2 Å². The molecule has 0 spiro atoms. The molecule has 0 unspecified atom stereocenters. The Morgan fingerprint density at radius 2 is 2.04 bits per heavy atom. The van der Waals surface area contributed by atoms with Gasteiger partial charge in [-0.25, -0.2) is 0 Å². The Bertz CT molecular complexity index is 578. The molecule has 2 N–H and O–H groups in total. The summed E-state index contributed by atoms with van der Waals surface area (Å²) in [5.74, 6) is 1.81. The molecule has 1 fully saturated rings. The number of nitrogens with zero attached hydrogens (tertiary/aromatic N) is 1.